The van der Waals surface area contributed by atoms with Crippen LogP contribution in [0.15, 0.2) is 35.6 Å². The van der Waals surface area contributed by atoms with Crippen LogP contribution in [-0.2, 0) is 19.1 Å². The van der Waals surface area contributed by atoms with E-state index in [1.165, 1.54) is 0 Å². The quantitative estimate of drug-likeness (QED) is 0.582. The summed E-state index contributed by atoms with van der Waals surface area (Å²) in [5, 5.41) is 0. The van der Waals surface area contributed by atoms with Gasteiger partial charge in [-0.05, 0) is 49.8 Å². The summed E-state index contributed by atoms with van der Waals surface area (Å²) >= 11 is 0. The van der Waals surface area contributed by atoms with Crippen molar-refractivity contribution in [2.24, 2.45) is 5.92 Å². The lowest BCUT2D eigenvalue weighted by atomic mass is 9.77. The fourth-order valence-corrected chi connectivity index (χ4v) is 5.75. The predicted molar refractivity (Wildman–Crippen MR) is 127 cm³/mol. The van der Waals surface area contributed by atoms with Crippen LogP contribution in [0.25, 0.3) is 0 Å². The van der Waals surface area contributed by atoms with Gasteiger partial charge in [-0.15, -0.1) is 0 Å². The van der Waals surface area contributed by atoms with E-state index in [-0.39, 0.29) is 23.7 Å². The van der Waals surface area contributed by atoms with Crippen LogP contribution < -0.4 is 4.74 Å². The zero-order valence-corrected chi connectivity index (χ0v) is 20.2. The van der Waals surface area contributed by atoms with E-state index in [1.807, 2.05) is 29.2 Å². The van der Waals surface area contributed by atoms with Crippen molar-refractivity contribution in [3.8, 4) is 5.75 Å². The number of morpholine rings is 1. The van der Waals surface area contributed by atoms with Gasteiger partial charge in [0, 0.05) is 26.2 Å². The number of nitrogens with zero attached hydrogens (tertiary/aromatic N) is 2. The lowest BCUT2D eigenvalue weighted by molar-refractivity contribution is -0.135. The highest BCUT2D eigenvalue weighted by molar-refractivity contribution is 6.11. The Morgan fingerprint density at radius 2 is 1.91 bits per heavy atom. The first-order chi connectivity index (χ1) is 16.7. The number of amides is 1. The summed E-state index contributed by atoms with van der Waals surface area (Å²) in [7, 11) is 0. The highest BCUT2D eigenvalue weighted by atomic mass is 16.5. The number of ether oxygens (including phenoxy) is 3. The highest BCUT2D eigenvalue weighted by Gasteiger charge is 2.51. The number of rotatable bonds is 8. The molecule has 0 bridgehead atoms. The molecular formula is C27H36N2O5. The number of fused-ring (bicyclic) bond motifs is 1. The summed E-state index contributed by atoms with van der Waals surface area (Å²) in [6.45, 7) is 7.57. The minimum absolute atomic E-state index is 0.111. The predicted octanol–water partition coefficient (Wildman–Crippen LogP) is 3.49. The molecule has 3 heterocycles. The van der Waals surface area contributed by atoms with Crippen molar-refractivity contribution in [1.29, 1.82) is 0 Å². The van der Waals surface area contributed by atoms with E-state index in [2.05, 4.69) is 11.8 Å². The summed E-state index contributed by atoms with van der Waals surface area (Å²) in [5.41, 5.74) is 1.48. The molecule has 0 spiro atoms. The molecule has 3 atom stereocenters. The largest absolute Gasteiger partial charge is 0.494 e. The van der Waals surface area contributed by atoms with Crippen LogP contribution in [0.5, 0.6) is 5.75 Å². The van der Waals surface area contributed by atoms with Gasteiger partial charge in [-0.25, -0.2) is 0 Å². The maximum absolute atomic E-state index is 13.7. The normalized spacial score (nSPS) is 27.4. The summed E-state index contributed by atoms with van der Waals surface area (Å²) in [6.07, 6.45) is 5.40. The van der Waals surface area contributed by atoms with Crippen LogP contribution in [0, 0.1) is 5.92 Å². The second-order valence-corrected chi connectivity index (χ2v) is 9.78. The van der Waals surface area contributed by atoms with Gasteiger partial charge in [0.05, 0.1) is 37.4 Å². The van der Waals surface area contributed by atoms with Gasteiger partial charge in [0.25, 0.3) is 5.91 Å². The maximum Gasteiger partial charge on any atom is 0.290 e. The molecule has 3 aliphatic heterocycles. The molecule has 5 rings (SSSR count). The van der Waals surface area contributed by atoms with Gasteiger partial charge in [-0.1, -0.05) is 25.5 Å². The van der Waals surface area contributed by atoms with Crippen LogP contribution in [0.2, 0.25) is 0 Å². The smallest absolute Gasteiger partial charge is 0.290 e. The molecule has 1 saturated carbocycles. The second-order valence-electron chi connectivity index (χ2n) is 9.78. The molecule has 1 saturated heterocycles. The van der Waals surface area contributed by atoms with Gasteiger partial charge in [-0.3, -0.25) is 14.5 Å². The van der Waals surface area contributed by atoms with Crippen LogP contribution in [0.1, 0.15) is 57.1 Å². The van der Waals surface area contributed by atoms with Gasteiger partial charge in [0.15, 0.2) is 11.5 Å². The van der Waals surface area contributed by atoms with Gasteiger partial charge in [0.2, 0.25) is 0 Å². The molecule has 4 aliphatic rings. The first-order valence-electron chi connectivity index (χ1n) is 13.0. The van der Waals surface area contributed by atoms with Crippen LogP contribution in [-0.4, -0.2) is 73.6 Å². The molecule has 1 aromatic rings. The Morgan fingerprint density at radius 1 is 1.09 bits per heavy atom. The van der Waals surface area contributed by atoms with Crippen molar-refractivity contribution >= 4 is 11.7 Å². The number of benzene rings is 1. The zero-order valence-electron chi connectivity index (χ0n) is 20.2. The Kier molecular flexibility index (Phi) is 7.21. The number of hydrogen-bond acceptors (Lipinski definition) is 6. The molecule has 184 valence electrons. The van der Waals surface area contributed by atoms with E-state index in [9.17, 15) is 9.59 Å². The van der Waals surface area contributed by atoms with E-state index in [0.29, 0.717) is 24.5 Å². The number of hydrogen-bond donors (Lipinski definition) is 0. The molecule has 0 aromatic heterocycles. The van der Waals surface area contributed by atoms with Crippen LogP contribution in [0.3, 0.4) is 0 Å². The number of Topliss-reactive ketones (excluding diaryl/α,β-unsaturated/α-hetero) is 1. The van der Waals surface area contributed by atoms with Gasteiger partial charge in [-0.2, -0.15) is 0 Å². The molecule has 1 aromatic carbocycles. The second kappa shape index (κ2) is 10.5. The van der Waals surface area contributed by atoms with Crippen molar-refractivity contribution < 1.29 is 23.8 Å². The van der Waals surface area contributed by atoms with Crippen molar-refractivity contribution in [2.75, 3.05) is 46.0 Å². The lowest BCUT2D eigenvalue weighted by Crippen LogP contribution is -2.39. The van der Waals surface area contributed by atoms with E-state index in [4.69, 9.17) is 14.2 Å². The highest BCUT2D eigenvalue weighted by Crippen LogP contribution is 2.47. The summed E-state index contributed by atoms with van der Waals surface area (Å²) in [5.74, 6) is 0.910. The van der Waals surface area contributed by atoms with Crippen molar-refractivity contribution in [1.82, 2.24) is 9.80 Å². The molecule has 1 aliphatic carbocycles. The number of ketones is 1. The standard InChI is InChI=1S/C27H36N2O5/c1-2-15-33-20-8-5-7-19(18-20)24-23-25(30)21-9-3-4-10-22(21)34-26(23)27(31)29(24)12-6-11-28-13-16-32-17-14-28/h5,7-8,18,21-22,24H,2-4,6,9-17H2,1H3. The maximum atomic E-state index is 13.7. The zero-order chi connectivity index (χ0) is 23.5. The van der Waals surface area contributed by atoms with E-state index < -0.39 is 6.04 Å². The number of carbonyl (C=O) groups excluding carboxylic acids is 2. The molecule has 7 heteroatoms. The molecule has 1 amide bonds. The summed E-state index contributed by atoms with van der Waals surface area (Å²) in [6, 6.07) is 7.46. The summed E-state index contributed by atoms with van der Waals surface area (Å²) < 4.78 is 17.6. The van der Waals surface area contributed by atoms with Gasteiger partial charge < -0.3 is 19.1 Å². The Labute approximate surface area is 202 Å². The lowest BCUT2D eigenvalue weighted by Gasteiger charge is -2.35. The SMILES string of the molecule is CCCOc1cccc(C2C3=C(OC4CCCCC4C3=O)C(=O)N2CCCN2CCOCC2)c1. The van der Waals surface area contributed by atoms with E-state index in [1.54, 1.807) is 0 Å². The monoisotopic (exact) mass is 468 g/mol. The Bertz CT molecular complexity index is 939. The van der Waals surface area contributed by atoms with Crippen molar-refractivity contribution in [2.45, 2.75) is 57.6 Å². The first kappa shape index (κ1) is 23.4. The minimum atomic E-state index is -0.409. The molecule has 0 radical (unpaired) electrons. The van der Waals surface area contributed by atoms with E-state index in [0.717, 1.165) is 82.7 Å². The first-order valence-corrected chi connectivity index (χ1v) is 13.0. The third-order valence-corrected chi connectivity index (χ3v) is 7.48. The molecule has 2 fully saturated rings. The number of carbonyl (C=O) groups is 2. The molecule has 0 N–H and O–H groups in total. The fraction of sp³-hybridized carbons (Fsp3) is 0.630. The summed E-state index contributed by atoms with van der Waals surface area (Å²) in [4.78, 5) is 31.6. The molecular weight excluding hydrogens is 432 g/mol. The minimum Gasteiger partial charge on any atom is -0.494 e. The average molecular weight is 469 g/mol. The van der Waals surface area contributed by atoms with Crippen molar-refractivity contribution in [3.05, 3.63) is 41.2 Å². The fourth-order valence-electron chi connectivity index (χ4n) is 5.75. The Balaban J connectivity index is 1.42. The molecule has 7 nitrogen and oxygen atoms in total. The van der Waals surface area contributed by atoms with Crippen molar-refractivity contribution in [3.63, 3.8) is 0 Å². The van der Waals surface area contributed by atoms with E-state index >= 15 is 0 Å². The average Bonchev–Trinajstić information content (AvgIpc) is 3.15. The van der Waals surface area contributed by atoms with Crippen LogP contribution in [0.4, 0.5) is 0 Å². The topological polar surface area (TPSA) is 68.3 Å². The van der Waals surface area contributed by atoms with Gasteiger partial charge in [0.1, 0.15) is 11.9 Å². The molecule has 3 unspecified atom stereocenters. The van der Waals surface area contributed by atoms with Crippen LogP contribution >= 0.6 is 0 Å². The third kappa shape index (κ3) is 4.60. The van der Waals surface area contributed by atoms with Gasteiger partial charge >= 0.3 is 0 Å². The Morgan fingerprint density at radius 3 is 2.74 bits per heavy atom. The molecule has 34 heavy (non-hydrogen) atoms. The Hall–Kier alpha value is -2.38. The third-order valence-electron chi connectivity index (χ3n) is 7.48.